The van der Waals surface area contributed by atoms with Crippen molar-refractivity contribution in [2.45, 2.75) is 39.2 Å². The van der Waals surface area contributed by atoms with Crippen LogP contribution in [0.15, 0.2) is 22.7 Å². The van der Waals surface area contributed by atoms with E-state index in [4.69, 9.17) is 20.9 Å². The number of anilines is 1. The third kappa shape index (κ3) is 3.67. The lowest BCUT2D eigenvalue weighted by Gasteiger charge is -2.13. The summed E-state index contributed by atoms with van der Waals surface area (Å²) >= 11 is 6.11. The van der Waals surface area contributed by atoms with E-state index < -0.39 is 0 Å². The Hall–Kier alpha value is -1.75. The average molecular weight is 310 g/mol. The first-order valence-corrected chi connectivity index (χ1v) is 7.13. The second-order valence-electron chi connectivity index (χ2n) is 5.92. The Morgan fingerprint density at radius 3 is 2.57 bits per heavy atom. The van der Waals surface area contributed by atoms with Crippen molar-refractivity contribution in [2.24, 2.45) is 0 Å². The van der Waals surface area contributed by atoms with Crippen LogP contribution in [0.25, 0.3) is 0 Å². The van der Waals surface area contributed by atoms with Gasteiger partial charge in [0, 0.05) is 11.1 Å². The van der Waals surface area contributed by atoms with Gasteiger partial charge >= 0.3 is 0 Å². The molecule has 0 aliphatic carbocycles. The summed E-state index contributed by atoms with van der Waals surface area (Å²) in [6.07, 6.45) is 0. The van der Waals surface area contributed by atoms with Crippen LogP contribution in [-0.2, 0) is 5.41 Å². The van der Waals surface area contributed by atoms with Gasteiger partial charge in [-0.1, -0.05) is 37.5 Å². The topological polar surface area (TPSA) is 60.2 Å². The number of hydrogen-bond acceptors (Lipinski definition) is 5. The first-order valence-electron chi connectivity index (χ1n) is 6.75. The number of benzene rings is 1. The quantitative estimate of drug-likeness (QED) is 0.917. The van der Waals surface area contributed by atoms with Gasteiger partial charge in [0.05, 0.1) is 12.1 Å². The fourth-order valence-corrected chi connectivity index (χ4v) is 2.04. The zero-order valence-corrected chi connectivity index (χ0v) is 13.7. The lowest BCUT2D eigenvalue weighted by Crippen LogP contribution is -2.14. The lowest BCUT2D eigenvalue weighted by atomic mass is 9.96. The minimum Gasteiger partial charge on any atom is -0.495 e. The van der Waals surface area contributed by atoms with Crippen molar-refractivity contribution >= 4 is 17.3 Å². The van der Waals surface area contributed by atoms with E-state index in [9.17, 15) is 0 Å². The molecule has 0 radical (unpaired) electrons. The van der Waals surface area contributed by atoms with Crippen LogP contribution in [0.4, 0.5) is 5.69 Å². The van der Waals surface area contributed by atoms with E-state index in [1.54, 1.807) is 13.2 Å². The van der Waals surface area contributed by atoms with Crippen molar-refractivity contribution in [3.05, 3.63) is 34.9 Å². The van der Waals surface area contributed by atoms with E-state index in [0.29, 0.717) is 22.5 Å². The van der Waals surface area contributed by atoms with Gasteiger partial charge < -0.3 is 14.6 Å². The predicted octanol–water partition coefficient (Wildman–Crippen LogP) is 4.20. The van der Waals surface area contributed by atoms with E-state index in [1.165, 1.54) is 0 Å². The third-order valence-corrected chi connectivity index (χ3v) is 3.31. The second kappa shape index (κ2) is 5.93. The van der Waals surface area contributed by atoms with Crippen molar-refractivity contribution in [3.8, 4) is 5.75 Å². The predicted molar refractivity (Wildman–Crippen MR) is 83.0 cm³/mol. The highest BCUT2D eigenvalue weighted by atomic mass is 35.5. The molecule has 0 aliphatic heterocycles. The number of nitrogens with one attached hydrogen (secondary N) is 1. The standard InChI is InChI=1S/C15H20ClN3O2/c1-9(13-18-14(19-21-13)15(2,3)4)17-10-6-7-12(20-5)11(16)8-10/h6-9,17H,1-5H3. The average Bonchev–Trinajstić information content (AvgIpc) is 2.88. The van der Waals surface area contributed by atoms with Crippen LogP contribution in [0.5, 0.6) is 5.75 Å². The van der Waals surface area contributed by atoms with Crippen LogP contribution in [0.3, 0.4) is 0 Å². The third-order valence-electron chi connectivity index (χ3n) is 3.02. The van der Waals surface area contributed by atoms with Gasteiger partial charge in [0.25, 0.3) is 0 Å². The molecule has 0 amide bonds. The summed E-state index contributed by atoms with van der Waals surface area (Å²) in [4.78, 5) is 4.44. The summed E-state index contributed by atoms with van der Waals surface area (Å²) in [6.45, 7) is 8.09. The van der Waals surface area contributed by atoms with E-state index in [-0.39, 0.29) is 11.5 Å². The zero-order valence-electron chi connectivity index (χ0n) is 12.9. The lowest BCUT2D eigenvalue weighted by molar-refractivity contribution is 0.354. The van der Waals surface area contributed by atoms with Crippen LogP contribution in [0.1, 0.15) is 45.5 Å². The summed E-state index contributed by atoms with van der Waals surface area (Å²) in [7, 11) is 1.59. The molecule has 2 aromatic rings. The Morgan fingerprint density at radius 2 is 2.05 bits per heavy atom. The Bertz CT molecular complexity index is 620. The van der Waals surface area contributed by atoms with Crippen molar-refractivity contribution in [3.63, 3.8) is 0 Å². The van der Waals surface area contributed by atoms with Gasteiger partial charge in [-0.2, -0.15) is 4.98 Å². The fourth-order valence-electron chi connectivity index (χ4n) is 1.78. The Balaban J connectivity index is 2.12. The van der Waals surface area contributed by atoms with Gasteiger partial charge in [-0.3, -0.25) is 0 Å². The van der Waals surface area contributed by atoms with Gasteiger partial charge in [0.2, 0.25) is 5.89 Å². The number of nitrogens with zero attached hydrogens (tertiary/aromatic N) is 2. The first-order chi connectivity index (χ1) is 9.81. The summed E-state index contributed by atoms with van der Waals surface area (Å²) in [5.74, 6) is 1.88. The van der Waals surface area contributed by atoms with Crippen LogP contribution < -0.4 is 10.1 Å². The highest BCUT2D eigenvalue weighted by Crippen LogP contribution is 2.29. The van der Waals surface area contributed by atoms with Gasteiger partial charge in [0.1, 0.15) is 11.8 Å². The smallest absolute Gasteiger partial charge is 0.248 e. The van der Waals surface area contributed by atoms with Gasteiger partial charge in [0.15, 0.2) is 5.82 Å². The minimum absolute atomic E-state index is 0.113. The van der Waals surface area contributed by atoms with E-state index in [1.807, 2.05) is 39.8 Å². The van der Waals surface area contributed by atoms with E-state index in [2.05, 4.69) is 15.5 Å². The molecule has 0 bridgehead atoms. The Morgan fingerprint density at radius 1 is 1.33 bits per heavy atom. The monoisotopic (exact) mass is 309 g/mol. The molecule has 0 aliphatic rings. The van der Waals surface area contributed by atoms with Crippen molar-refractivity contribution in [2.75, 3.05) is 12.4 Å². The molecule has 5 nitrogen and oxygen atoms in total. The normalized spacial score (nSPS) is 13.0. The molecule has 1 aromatic carbocycles. The largest absolute Gasteiger partial charge is 0.495 e. The van der Waals surface area contributed by atoms with Crippen LogP contribution in [-0.4, -0.2) is 17.3 Å². The van der Waals surface area contributed by atoms with E-state index >= 15 is 0 Å². The Labute approximate surface area is 129 Å². The molecule has 1 heterocycles. The summed E-state index contributed by atoms with van der Waals surface area (Å²) in [6, 6.07) is 5.39. The zero-order chi connectivity index (χ0) is 15.6. The number of ether oxygens (including phenoxy) is 1. The number of hydrogen-bond donors (Lipinski definition) is 1. The summed E-state index contributed by atoms with van der Waals surface area (Å²) in [5, 5.41) is 7.85. The summed E-state index contributed by atoms with van der Waals surface area (Å²) in [5.41, 5.74) is 0.731. The molecule has 0 spiro atoms. The van der Waals surface area contributed by atoms with E-state index in [0.717, 1.165) is 5.69 Å². The van der Waals surface area contributed by atoms with Crippen LogP contribution >= 0.6 is 11.6 Å². The maximum Gasteiger partial charge on any atom is 0.248 e. The van der Waals surface area contributed by atoms with Crippen molar-refractivity contribution in [1.82, 2.24) is 10.1 Å². The molecule has 114 valence electrons. The number of halogens is 1. The van der Waals surface area contributed by atoms with Gasteiger partial charge in [-0.15, -0.1) is 0 Å². The number of rotatable bonds is 4. The molecular weight excluding hydrogens is 290 g/mol. The van der Waals surface area contributed by atoms with Crippen LogP contribution in [0.2, 0.25) is 5.02 Å². The minimum atomic E-state index is -0.134. The van der Waals surface area contributed by atoms with Crippen LogP contribution in [0, 0.1) is 0 Å². The Kier molecular flexibility index (Phi) is 4.42. The molecule has 1 N–H and O–H groups in total. The highest BCUT2D eigenvalue weighted by molar-refractivity contribution is 6.32. The summed E-state index contributed by atoms with van der Waals surface area (Å²) < 4.78 is 10.4. The second-order valence-corrected chi connectivity index (χ2v) is 6.33. The molecule has 21 heavy (non-hydrogen) atoms. The van der Waals surface area contributed by atoms with Gasteiger partial charge in [-0.25, -0.2) is 0 Å². The maximum absolute atomic E-state index is 6.11. The SMILES string of the molecule is COc1ccc(NC(C)c2nc(C(C)(C)C)no2)cc1Cl. The molecular formula is C15H20ClN3O2. The molecule has 1 atom stereocenters. The number of aromatic nitrogens is 2. The number of methoxy groups -OCH3 is 1. The molecule has 1 unspecified atom stereocenters. The van der Waals surface area contributed by atoms with Crippen molar-refractivity contribution < 1.29 is 9.26 Å². The molecule has 0 fully saturated rings. The maximum atomic E-state index is 6.11. The van der Waals surface area contributed by atoms with Crippen molar-refractivity contribution in [1.29, 1.82) is 0 Å². The molecule has 0 saturated carbocycles. The first kappa shape index (κ1) is 15.6. The fraction of sp³-hybridized carbons (Fsp3) is 0.467. The molecule has 2 rings (SSSR count). The molecule has 0 saturated heterocycles. The highest BCUT2D eigenvalue weighted by Gasteiger charge is 2.23. The molecule has 6 heteroatoms. The molecule has 1 aromatic heterocycles. The van der Waals surface area contributed by atoms with Gasteiger partial charge in [-0.05, 0) is 25.1 Å².